The second kappa shape index (κ2) is 5.89. The van der Waals surface area contributed by atoms with Gasteiger partial charge in [0.05, 0.1) is 16.0 Å². The Labute approximate surface area is 127 Å². The molecule has 8 heteroatoms. The van der Waals surface area contributed by atoms with Gasteiger partial charge in [0.1, 0.15) is 4.90 Å². The molecule has 1 amide bonds. The van der Waals surface area contributed by atoms with E-state index in [0.717, 1.165) is 0 Å². The molecule has 1 aliphatic rings. The van der Waals surface area contributed by atoms with Crippen LogP contribution in [0.15, 0.2) is 23.1 Å². The van der Waals surface area contributed by atoms with Crippen molar-refractivity contribution in [1.29, 1.82) is 0 Å². The number of rotatable bonds is 3. The van der Waals surface area contributed by atoms with Gasteiger partial charge in [0.25, 0.3) is 0 Å². The lowest BCUT2D eigenvalue weighted by atomic mass is 9.99. The lowest BCUT2D eigenvalue weighted by molar-refractivity contribution is -0.122. The molecule has 0 bridgehead atoms. The molecule has 2 N–H and O–H groups in total. The monoisotopic (exact) mass is 336 g/mol. The highest BCUT2D eigenvalue weighted by Gasteiger charge is 2.33. The molecule has 1 aromatic rings. The summed E-state index contributed by atoms with van der Waals surface area (Å²) < 4.78 is 26.4. The summed E-state index contributed by atoms with van der Waals surface area (Å²) in [6.07, 6.45) is 1.19. The molecule has 0 saturated carbocycles. The fourth-order valence-corrected chi connectivity index (χ4v) is 4.48. The van der Waals surface area contributed by atoms with Gasteiger partial charge in [0.2, 0.25) is 15.9 Å². The summed E-state index contributed by atoms with van der Waals surface area (Å²) in [5.74, 6) is -0.946. The average molecular weight is 337 g/mol. The van der Waals surface area contributed by atoms with Crippen molar-refractivity contribution >= 4 is 39.1 Å². The van der Waals surface area contributed by atoms with Gasteiger partial charge in [-0.1, -0.05) is 29.3 Å². The molecule has 2 rings (SSSR count). The fourth-order valence-electron chi connectivity index (χ4n) is 2.22. The Bertz CT molecular complexity index is 634. The lowest BCUT2D eigenvalue weighted by Gasteiger charge is -2.30. The predicted molar refractivity (Wildman–Crippen MR) is 77.1 cm³/mol. The first-order chi connectivity index (χ1) is 9.34. The van der Waals surface area contributed by atoms with E-state index in [2.05, 4.69) is 0 Å². The van der Waals surface area contributed by atoms with Gasteiger partial charge in [-0.15, -0.1) is 0 Å². The molecule has 0 unspecified atom stereocenters. The van der Waals surface area contributed by atoms with E-state index < -0.39 is 21.8 Å². The van der Waals surface area contributed by atoms with E-state index in [0.29, 0.717) is 19.4 Å². The van der Waals surface area contributed by atoms with Crippen LogP contribution in [0.1, 0.15) is 12.8 Å². The maximum absolute atomic E-state index is 12.6. The highest BCUT2D eigenvalue weighted by atomic mass is 35.5. The van der Waals surface area contributed by atoms with Crippen LogP contribution in [0.2, 0.25) is 10.0 Å². The van der Waals surface area contributed by atoms with Gasteiger partial charge in [0, 0.05) is 13.1 Å². The number of primary amides is 1. The van der Waals surface area contributed by atoms with Gasteiger partial charge in [0.15, 0.2) is 0 Å². The van der Waals surface area contributed by atoms with Gasteiger partial charge in [-0.2, -0.15) is 4.31 Å². The molecular weight excluding hydrogens is 323 g/mol. The fraction of sp³-hybridized carbons (Fsp3) is 0.417. The molecule has 1 aliphatic heterocycles. The number of nitrogens with zero attached hydrogens (tertiary/aromatic N) is 1. The SMILES string of the molecule is NC(=O)[C@@H]1CCCN(S(=O)(=O)c2cccc(Cl)c2Cl)C1. The molecule has 0 radical (unpaired) electrons. The molecule has 0 spiro atoms. The number of carbonyl (C=O) groups is 1. The zero-order valence-electron chi connectivity index (χ0n) is 10.6. The summed E-state index contributed by atoms with van der Waals surface area (Å²) in [7, 11) is -3.77. The predicted octanol–water partition coefficient (Wildman–Crippen LogP) is 1.88. The molecule has 20 heavy (non-hydrogen) atoms. The minimum Gasteiger partial charge on any atom is -0.369 e. The number of sulfonamides is 1. The van der Waals surface area contributed by atoms with Crippen LogP contribution in [-0.2, 0) is 14.8 Å². The molecule has 1 heterocycles. The minimum atomic E-state index is -3.77. The van der Waals surface area contributed by atoms with Crippen LogP contribution in [-0.4, -0.2) is 31.7 Å². The number of piperidine rings is 1. The summed E-state index contributed by atoms with van der Waals surface area (Å²) in [5.41, 5.74) is 5.26. The number of carbonyl (C=O) groups excluding carboxylic acids is 1. The third kappa shape index (κ3) is 2.93. The summed E-state index contributed by atoms with van der Waals surface area (Å²) >= 11 is 11.8. The van der Waals surface area contributed by atoms with Crippen LogP contribution in [0.5, 0.6) is 0 Å². The third-order valence-corrected chi connectivity index (χ3v) is 6.16. The van der Waals surface area contributed by atoms with Crippen molar-refractivity contribution in [3.8, 4) is 0 Å². The number of nitrogens with two attached hydrogens (primary N) is 1. The highest BCUT2D eigenvalue weighted by molar-refractivity contribution is 7.89. The van der Waals surface area contributed by atoms with E-state index in [9.17, 15) is 13.2 Å². The van der Waals surface area contributed by atoms with Gasteiger partial charge in [-0.05, 0) is 25.0 Å². The number of hydrogen-bond acceptors (Lipinski definition) is 3. The van der Waals surface area contributed by atoms with Crippen LogP contribution in [0.25, 0.3) is 0 Å². The quantitative estimate of drug-likeness (QED) is 0.914. The Morgan fingerprint density at radius 2 is 2.05 bits per heavy atom. The van der Waals surface area contributed by atoms with Gasteiger partial charge in [-0.3, -0.25) is 4.79 Å². The zero-order valence-corrected chi connectivity index (χ0v) is 12.9. The molecule has 1 atom stereocenters. The summed E-state index contributed by atoms with van der Waals surface area (Å²) in [6, 6.07) is 4.44. The molecule has 110 valence electrons. The Morgan fingerprint density at radius 1 is 1.35 bits per heavy atom. The molecule has 5 nitrogen and oxygen atoms in total. The smallest absolute Gasteiger partial charge is 0.244 e. The molecule has 0 aromatic heterocycles. The minimum absolute atomic E-state index is 0.00429. The highest BCUT2D eigenvalue weighted by Crippen LogP contribution is 2.32. The normalized spacial score (nSPS) is 20.8. The van der Waals surface area contributed by atoms with E-state index >= 15 is 0 Å². The number of amides is 1. The van der Waals surface area contributed by atoms with Gasteiger partial charge < -0.3 is 5.73 Å². The van der Waals surface area contributed by atoms with Crippen LogP contribution in [0.4, 0.5) is 0 Å². The Kier molecular flexibility index (Phi) is 4.59. The standard InChI is InChI=1S/C12H14Cl2N2O3S/c13-9-4-1-5-10(11(9)14)20(18,19)16-6-2-3-8(7-16)12(15)17/h1,4-5,8H,2-3,6-7H2,(H2,15,17)/t8-/m1/s1. The van der Waals surface area contributed by atoms with E-state index in [1.165, 1.54) is 22.5 Å². The van der Waals surface area contributed by atoms with Crippen LogP contribution >= 0.6 is 23.2 Å². The number of benzene rings is 1. The van der Waals surface area contributed by atoms with Crippen molar-refractivity contribution in [2.45, 2.75) is 17.7 Å². The van der Waals surface area contributed by atoms with Crippen LogP contribution in [0.3, 0.4) is 0 Å². The molecule has 1 aromatic carbocycles. The van der Waals surface area contributed by atoms with Crippen molar-refractivity contribution in [3.63, 3.8) is 0 Å². The van der Waals surface area contributed by atoms with Crippen LogP contribution in [0, 0.1) is 5.92 Å². The Hall–Kier alpha value is -0.820. The third-order valence-electron chi connectivity index (χ3n) is 3.32. The van der Waals surface area contributed by atoms with E-state index in [1.807, 2.05) is 0 Å². The van der Waals surface area contributed by atoms with Crippen molar-refractivity contribution < 1.29 is 13.2 Å². The zero-order chi connectivity index (χ0) is 14.9. The topological polar surface area (TPSA) is 80.5 Å². The number of hydrogen-bond donors (Lipinski definition) is 1. The summed E-state index contributed by atoms with van der Waals surface area (Å²) in [5, 5.41) is 0.173. The van der Waals surface area contributed by atoms with Crippen molar-refractivity contribution in [3.05, 3.63) is 28.2 Å². The van der Waals surface area contributed by atoms with E-state index in [-0.39, 0.29) is 21.5 Å². The van der Waals surface area contributed by atoms with Crippen LogP contribution < -0.4 is 5.73 Å². The van der Waals surface area contributed by atoms with Gasteiger partial charge in [-0.25, -0.2) is 8.42 Å². The van der Waals surface area contributed by atoms with E-state index in [4.69, 9.17) is 28.9 Å². The Morgan fingerprint density at radius 3 is 2.70 bits per heavy atom. The van der Waals surface area contributed by atoms with E-state index in [1.54, 1.807) is 0 Å². The van der Waals surface area contributed by atoms with Crippen molar-refractivity contribution in [1.82, 2.24) is 4.31 Å². The first kappa shape index (κ1) is 15.6. The molecule has 1 saturated heterocycles. The average Bonchev–Trinajstić information content (AvgIpc) is 2.41. The molecular formula is C12H14Cl2N2O3S. The van der Waals surface area contributed by atoms with Crippen molar-refractivity contribution in [2.24, 2.45) is 11.7 Å². The largest absolute Gasteiger partial charge is 0.369 e. The number of halogens is 2. The lowest BCUT2D eigenvalue weighted by Crippen LogP contribution is -2.44. The maximum atomic E-state index is 12.6. The molecule has 0 aliphatic carbocycles. The maximum Gasteiger partial charge on any atom is 0.244 e. The van der Waals surface area contributed by atoms with Gasteiger partial charge >= 0.3 is 0 Å². The second-order valence-corrected chi connectivity index (χ2v) is 7.35. The Balaban J connectivity index is 2.35. The first-order valence-electron chi connectivity index (χ1n) is 6.07. The first-order valence-corrected chi connectivity index (χ1v) is 8.27. The summed E-state index contributed by atoms with van der Waals surface area (Å²) in [6.45, 7) is 0.426. The molecule has 1 fully saturated rings. The summed E-state index contributed by atoms with van der Waals surface area (Å²) in [4.78, 5) is 11.2. The van der Waals surface area contributed by atoms with Crippen molar-refractivity contribution in [2.75, 3.05) is 13.1 Å². The second-order valence-electron chi connectivity index (χ2n) is 4.66.